The normalized spacial score (nSPS) is 21.2. The number of hydrogen-bond acceptors (Lipinski definition) is 1. The maximum absolute atomic E-state index is 13.8. The van der Waals surface area contributed by atoms with Crippen LogP contribution in [-0.4, -0.2) is 12.3 Å². The number of rotatable bonds is 4. The summed E-state index contributed by atoms with van der Waals surface area (Å²) in [5.41, 5.74) is 0.778. The summed E-state index contributed by atoms with van der Waals surface area (Å²) in [5.74, 6) is -1.05. The first-order valence-electron chi connectivity index (χ1n) is 9.25. The van der Waals surface area contributed by atoms with Gasteiger partial charge in [0.1, 0.15) is 5.75 Å². The van der Waals surface area contributed by atoms with Gasteiger partial charge in [-0.1, -0.05) is 38.1 Å². The SMILES string of the molecule is CC(C)c1ccc2ccc(OC3CCC(C(F)(F)F)CC3)c(C(F)F)c2c1. The number of benzene rings is 2. The first-order chi connectivity index (χ1) is 12.7. The maximum Gasteiger partial charge on any atom is 0.391 e. The highest BCUT2D eigenvalue weighted by atomic mass is 19.4. The van der Waals surface area contributed by atoms with Crippen LogP contribution in [0, 0.1) is 5.92 Å². The van der Waals surface area contributed by atoms with Crippen molar-refractivity contribution in [2.45, 2.75) is 64.2 Å². The van der Waals surface area contributed by atoms with E-state index in [2.05, 4.69) is 0 Å². The van der Waals surface area contributed by atoms with Crippen LogP contribution in [0.3, 0.4) is 0 Å². The molecule has 0 heterocycles. The lowest BCUT2D eigenvalue weighted by Crippen LogP contribution is -2.32. The van der Waals surface area contributed by atoms with Gasteiger partial charge in [0.25, 0.3) is 6.43 Å². The Morgan fingerprint density at radius 3 is 2.15 bits per heavy atom. The summed E-state index contributed by atoms with van der Waals surface area (Å²) in [7, 11) is 0. The fourth-order valence-electron chi connectivity index (χ4n) is 3.71. The number of halogens is 5. The second-order valence-corrected chi connectivity index (χ2v) is 7.55. The van der Waals surface area contributed by atoms with E-state index in [0.29, 0.717) is 10.8 Å². The Hall–Kier alpha value is -1.85. The Balaban J connectivity index is 1.87. The zero-order valence-corrected chi connectivity index (χ0v) is 15.3. The van der Waals surface area contributed by atoms with Crippen LogP contribution in [-0.2, 0) is 0 Å². The monoisotopic (exact) mass is 386 g/mol. The average Bonchev–Trinajstić information content (AvgIpc) is 2.60. The molecule has 2 aromatic rings. The second kappa shape index (κ2) is 7.64. The fourth-order valence-corrected chi connectivity index (χ4v) is 3.71. The molecule has 2 aromatic carbocycles. The van der Waals surface area contributed by atoms with Crippen LogP contribution in [0.5, 0.6) is 5.75 Å². The lowest BCUT2D eigenvalue weighted by molar-refractivity contribution is -0.185. The van der Waals surface area contributed by atoms with Gasteiger partial charge in [0.2, 0.25) is 0 Å². The first-order valence-corrected chi connectivity index (χ1v) is 9.25. The number of fused-ring (bicyclic) bond motifs is 1. The van der Waals surface area contributed by atoms with Crippen molar-refractivity contribution < 1.29 is 26.7 Å². The number of hydrogen-bond donors (Lipinski definition) is 0. The third kappa shape index (κ3) is 4.36. The van der Waals surface area contributed by atoms with Crippen molar-refractivity contribution in [3.05, 3.63) is 41.5 Å². The molecular formula is C21H23F5O. The highest BCUT2D eigenvalue weighted by molar-refractivity contribution is 5.88. The summed E-state index contributed by atoms with van der Waals surface area (Å²) < 4.78 is 71.8. The third-order valence-electron chi connectivity index (χ3n) is 5.36. The maximum atomic E-state index is 13.8. The summed E-state index contributed by atoms with van der Waals surface area (Å²) >= 11 is 0. The van der Waals surface area contributed by atoms with E-state index < -0.39 is 24.6 Å². The molecule has 0 bridgehead atoms. The average molecular weight is 386 g/mol. The van der Waals surface area contributed by atoms with Crippen molar-refractivity contribution in [3.63, 3.8) is 0 Å². The van der Waals surface area contributed by atoms with E-state index in [1.54, 1.807) is 12.1 Å². The van der Waals surface area contributed by atoms with Gasteiger partial charge in [-0.05, 0) is 54.0 Å². The van der Waals surface area contributed by atoms with Crippen LogP contribution >= 0.6 is 0 Å². The van der Waals surface area contributed by atoms with E-state index in [9.17, 15) is 22.0 Å². The van der Waals surface area contributed by atoms with Crippen LogP contribution < -0.4 is 4.74 Å². The van der Waals surface area contributed by atoms with Crippen molar-refractivity contribution in [2.24, 2.45) is 5.92 Å². The molecule has 148 valence electrons. The molecule has 3 rings (SSSR count). The van der Waals surface area contributed by atoms with Gasteiger partial charge in [0, 0.05) is 0 Å². The molecule has 27 heavy (non-hydrogen) atoms. The number of ether oxygens (including phenoxy) is 1. The molecule has 1 nitrogen and oxygen atoms in total. The minimum atomic E-state index is -4.20. The van der Waals surface area contributed by atoms with E-state index in [1.165, 1.54) is 6.07 Å². The van der Waals surface area contributed by atoms with Crippen molar-refractivity contribution in [3.8, 4) is 5.75 Å². The Morgan fingerprint density at radius 1 is 0.963 bits per heavy atom. The molecule has 1 aliphatic rings. The fraction of sp³-hybridized carbons (Fsp3) is 0.524. The van der Waals surface area contributed by atoms with Crippen LogP contribution in [0.1, 0.15) is 63.0 Å². The van der Waals surface area contributed by atoms with Crippen LogP contribution in [0.15, 0.2) is 30.3 Å². The smallest absolute Gasteiger partial charge is 0.391 e. The third-order valence-corrected chi connectivity index (χ3v) is 5.36. The lowest BCUT2D eigenvalue weighted by atomic mass is 9.87. The van der Waals surface area contributed by atoms with Crippen LogP contribution in [0.25, 0.3) is 10.8 Å². The van der Waals surface area contributed by atoms with Gasteiger partial charge in [-0.3, -0.25) is 0 Å². The predicted molar refractivity (Wildman–Crippen MR) is 95.4 cm³/mol. The molecule has 0 aliphatic heterocycles. The molecule has 0 unspecified atom stereocenters. The predicted octanol–water partition coefficient (Wildman–Crippen LogP) is 7.40. The van der Waals surface area contributed by atoms with Gasteiger partial charge < -0.3 is 4.74 Å². The van der Waals surface area contributed by atoms with Gasteiger partial charge in [0.05, 0.1) is 17.6 Å². The van der Waals surface area contributed by atoms with Gasteiger partial charge in [-0.15, -0.1) is 0 Å². The molecule has 0 spiro atoms. The zero-order chi connectivity index (χ0) is 19.8. The van der Waals surface area contributed by atoms with Gasteiger partial charge in [0.15, 0.2) is 0 Å². The topological polar surface area (TPSA) is 9.23 Å². The summed E-state index contributed by atoms with van der Waals surface area (Å²) in [6.07, 6.45) is -7.00. The zero-order valence-electron chi connectivity index (χ0n) is 15.3. The molecule has 1 aliphatic carbocycles. The van der Waals surface area contributed by atoms with Gasteiger partial charge in [-0.25, -0.2) is 8.78 Å². The molecule has 6 heteroatoms. The van der Waals surface area contributed by atoms with Gasteiger partial charge >= 0.3 is 6.18 Å². The standard InChI is InChI=1S/C21H23F5O/c1-12(2)14-4-3-13-5-10-18(19(20(22)23)17(13)11-14)27-16-8-6-15(7-9-16)21(24,25)26/h3-5,10-12,15-16,20H,6-9H2,1-2H3. The highest BCUT2D eigenvalue weighted by Crippen LogP contribution is 2.41. The second-order valence-electron chi connectivity index (χ2n) is 7.55. The summed E-state index contributed by atoms with van der Waals surface area (Å²) in [6.45, 7) is 3.98. The molecule has 1 saturated carbocycles. The number of alkyl halides is 5. The van der Waals surface area contributed by atoms with E-state index >= 15 is 0 Å². The molecular weight excluding hydrogens is 363 g/mol. The molecule has 0 amide bonds. The lowest BCUT2D eigenvalue weighted by Gasteiger charge is -2.30. The Kier molecular flexibility index (Phi) is 5.63. The van der Waals surface area contributed by atoms with Crippen LogP contribution in [0.2, 0.25) is 0 Å². The van der Waals surface area contributed by atoms with E-state index in [-0.39, 0.29) is 42.9 Å². The molecule has 1 fully saturated rings. The molecule has 0 atom stereocenters. The summed E-state index contributed by atoms with van der Waals surface area (Å²) in [4.78, 5) is 0. The summed E-state index contributed by atoms with van der Waals surface area (Å²) in [6, 6.07) is 8.72. The van der Waals surface area contributed by atoms with E-state index in [0.717, 1.165) is 5.56 Å². The van der Waals surface area contributed by atoms with E-state index in [4.69, 9.17) is 4.74 Å². The molecule has 0 aromatic heterocycles. The van der Waals surface area contributed by atoms with Crippen molar-refractivity contribution in [2.75, 3.05) is 0 Å². The quantitative estimate of drug-likeness (QED) is 0.498. The Bertz CT molecular complexity index is 789. The first kappa shape index (κ1) is 19.9. The molecule has 0 N–H and O–H groups in total. The Labute approximate surface area is 155 Å². The minimum Gasteiger partial charge on any atom is -0.490 e. The highest BCUT2D eigenvalue weighted by Gasteiger charge is 2.42. The molecule has 0 saturated heterocycles. The summed E-state index contributed by atoms with van der Waals surface area (Å²) in [5, 5.41) is 1.14. The Morgan fingerprint density at radius 2 is 1.59 bits per heavy atom. The molecule has 0 radical (unpaired) electrons. The minimum absolute atomic E-state index is 0.0245. The van der Waals surface area contributed by atoms with Crippen molar-refractivity contribution >= 4 is 10.8 Å². The van der Waals surface area contributed by atoms with Crippen molar-refractivity contribution in [1.82, 2.24) is 0 Å². The van der Waals surface area contributed by atoms with E-state index in [1.807, 2.05) is 26.0 Å². The van der Waals surface area contributed by atoms with Crippen molar-refractivity contribution in [1.29, 1.82) is 0 Å². The van der Waals surface area contributed by atoms with Gasteiger partial charge in [-0.2, -0.15) is 13.2 Å². The largest absolute Gasteiger partial charge is 0.490 e. The van der Waals surface area contributed by atoms with Crippen LogP contribution in [0.4, 0.5) is 22.0 Å².